The third-order valence-corrected chi connectivity index (χ3v) is 4.01. The molecule has 1 saturated heterocycles. The van der Waals surface area contributed by atoms with Crippen molar-refractivity contribution in [2.75, 3.05) is 26.4 Å². The zero-order chi connectivity index (χ0) is 14.4. The number of rotatable bonds is 5. The third-order valence-electron chi connectivity index (χ3n) is 4.01. The lowest BCUT2D eigenvalue weighted by atomic mass is 9.79. The zero-order valence-corrected chi connectivity index (χ0v) is 11.5. The van der Waals surface area contributed by atoms with Crippen molar-refractivity contribution in [1.82, 2.24) is 5.32 Å². The first kappa shape index (κ1) is 15.0. The summed E-state index contributed by atoms with van der Waals surface area (Å²) >= 11 is 0. The molecule has 1 amide bonds. The summed E-state index contributed by atoms with van der Waals surface area (Å²) in [5.41, 5.74) is 6.14. The van der Waals surface area contributed by atoms with Gasteiger partial charge in [0.05, 0.1) is 18.1 Å². The average Bonchev–Trinajstić information content (AvgIpc) is 2.53. The maximum Gasteiger partial charge on any atom is 0.228 e. The first-order chi connectivity index (χ1) is 9.72. The van der Waals surface area contributed by atoms with E-state index in [2.05, 4.69) is 5.32 Å². The van der Waals surface area contributed by atoms with Crippen molar-refractivity contribution in [3.05, 3.63) is 35.9 Å². The predicted octanol–water partition coefficient (Wildman–Crippen LogP) is 0.592. The highest BCUT2D eigenvalue weighted by molar-refractivity contribution is 5.83. The second-order valence-corrected chi connectivity index (χ2v) is 5.22. The topological polar surface area (TPSA) is 84.6 Å². The van der Waals surface area contributed by atoms with Gasteiger partial charge in [0.1, 0.15) is 0 Å². The van der Waals surface area contributed by atoms with Crippen LogP contribution in [0.25, 0.3) is 0 Å². The fraction of sp³-hybridized carbons (Fsp3) is 0.533. The summed E-state index contributed by atoms with van der Waals surface area (Å²) in [6, 6.07) is 9.06. The largest absolute Gasteiger partial charge is 0.394 e. The molecule has 0 aliphatic carbocycles. The second-order valence-electron chi connectivity index (χ2n) is 5.22. The molecule has 1 aliphatic rings. The van der Waals surface area contributed by atoms with Crippen LogP contribution in [0.5, 0.6) is 0 Å². The first-order valence-electron chi connectivity index (χ1n) is 6.96. The minimum Gasteiger partial charge on any atom is -0.394 e. The summed E-state index contributed by atoms with van der Waals surface area (Å²) in [7, 11) is 0. The normalized spacial score (nSPS) is 19.3. The van der Waals surface area contributed by atoms with Crippen molar-refractivity contribution >= 4 is 5.91 Å². The van der Waals surface area contributed by atoms with E-state index in [0.29, 0.717) is 32.6 Å². The Hall–Kier alpha value is -1.43. The van der Waals surface area contributed by atoms with Gasteiger partial charge >= 0.3 is 0 Å². The smallest absolute Gasteiger partial charge is 0.228 e. The van der Waals surface area contributed by atoms with Gasteiger partial charge in [-0.15, -0.1) is 0 Å². The lowest BCUT2D eigenvalue weighted by Crippen LogP contribution is -2.50. The fourth-order valence-electron chi connectivity index (χ4n) is 2.52. The molecule has 0 spiro atoms. The Balaban J connectivity index is 2.08. The summed E-state index contributed by atoms with van der Waals surface area (Å²) in [6.45, 7) is 1.28. The van der Waals surface area contributed by atoms with Gasteiger partial charge in [-0.25, -0.2) is 0 Å². The highest BCUT2D eigenvalue weighted by atomic mass is 16.5. The number of hydrogen-bond acceptors (Lipinski definition) is 4. The average molecular weight is 278 g/mol. The van der Waals surface area contributed by atoms with Crippen LogP contribution in [0.2, 0.25) is 0 Å². The minimum atomic E-state index is -0.569. The minimum absolute atomic E-state index is 0.0915. The Morgan fingerprint density at radius 2 is 2.00 bits per heavy atom. The van der Waals surface area contributed by atoms with Gasteiger partial charge in [-0.05, 0) is 18.4 Å². The van der Waals surface area contributed by atoms with E-state index in [1.807, 2.05) is 30.3 Å². The molecule has 0 aromatic heterocycles. The summed E-state index contributed by atoms with van der Waals surface area (Å²) in [5, 5.41) is 12.4. The van der Waals surface area contributed by atoms with Crippen molar-refractivity contribution in [2.24, 2.45) is 11.1 Å². The number of carbonyl (C=O) groups is 1. The molecule has 2 rings (SSSR count). The van der Waals surface area contributed by atoms with E-state index in [4.69, 9.17) is 10.5 Å². The highest BCUT2D eigenvalue weighted by Gasteiger charge is 2.39. The molecule has 4 N–H and O–H groups in total. The van der Waals surface area contributed by atoms with E-state index in [1.165, 1.54) is 0 Å². The number of carbonyl (C=O) groups excluding carboxylic acids is 1. The van der Waals surface area contributed by atoms with Crippen molar-refractivity contribution in [3.63, 3.8) is 0 Å². The van der Waals surface area contributed by atoms with Gasteiger partial charge in [0, 0.05) is 19.8 Å². The maximum atomic E-state index is 12.5. The molecule has 0 unspecified atom stereocenters. The van der Waals surface area contributed by atoms with E-state index < -0.39 is 11.5 Å². The molecule has 1 fully saturated rings. The Bertz CT molecular complexity index is 430. The molecule has 0 radical (unpaired) electrons. The van der Waals surface area contributed by atoms with Crippen LogP contribution in [0.4, 0.5) is 0 Å². The van der Waals surface area contributed by atoms with E-state index in [0.717, 1.165) is 5.56 Å². The van der Waals surface area contributed by atoms with Crippen LogP contribution in [0.15, 0.2) is 30.3 Å². The Kier molecular flexibility index (Phi) is 5.11. The molecule has 20 heavy (non-hydrogen) atoms. The Morgan fingerprint density at radius 3 is 2.55 bits per heavy atom. The van der Waals surface area contributed by atoms with Crippen LogP contribution in [0.3, 0.4) is 0 Å². The van der Waals surface area contributed by atoms with Crippen molar-refractivity contribution in [2.45, 2.75) is 18.9 Å². The molecule has 0 saturated carbocycles. The molecule has 0 bridgehead atoms. The number of aliphatic hydroxyl groups is 1. The third kappa shape index (κ3) is 3.17. The van der Waals surface area contributed by atoms with Crippen LogP contribution >= 0.6 is 0 Å². The molecule has 1 heterocycles. The number of aliphatic hydroxyl groups excluding tert-OH is 1. The van der Waals surface area contributed by atoms with Gasteiger partial charge in [-0.2, -0.15) is 0 Å². The molecule has 110 valence electrons. The molecule has 1 atom stereocenters. The summed E-state index contributed by atoms with van der Waals surface area (Å²) in [6.07, 6.45) is 1.25. The van der Waals surface area contributed by atoms with Crippen molar-refractivity contribution in [1.29, 1.82) is 0 Å². The predicted molar refractivity (Wildman–Crippen MR) is 76.0 cm³/mol. The fourth-order valence-corrected chi connectivity index (χ4v) is 2.52. The van der Waals surface area contributed by atoms with Crippen LogP contribution in [-0.4, -0.2) is 37.4 Å². The quantitative estimate of drug-likeness (QED) is 0.736. The number of amides is 1. The molecular weight excluding hydrogens is 256 g/mol. The van der Waals surface area contributed by atoms with Gasteiger partial charge in [-0.3, -0.25) is 4.79 Å². The van der Waals surface area contributed by atoms with Gasteiger partial charge in [0.25, 0.3) is 0 Å². The van der Waals surface area contributed by atoms with E-state index in [9.17, 15) is 9.90 Å². The van der Waals surface area contributed by atoms with Crippen LogP contribution in [-0.2, 0) is 9.53 Å². The lowest BCUT2D eigenvalue weighted by molar-refractivity contribution is -0.137. The molecular formula is C15H22N2O3. The number of nitrogens with one attached hydrogen (secondary N) is 1. The first-order valence-corrected chi connectivity index (χ1v) is 6.96. The van der Waals surface area contributed by atoms with Crippen LogP contribution in [0, 0.1) is 5.41 Å². The van der Waals surface area contributed by atoms with E-state index in [-0.39, 0.29) is 12.5 Å². The van der Waals surface area contributed by atoms with Gasteiger partial charge in [0.2, 0.25) is 5.91 Å². The molecule has 5 heteroatoms. The summed E-state index contributed by atoms with van der Waals surface area (Å²) < 4.78 is 5.31. The lowest BCUT2D eigenvalue weighted by Gasteiger charge is -2.35. The molecule has 1 aliphatic heterocycles. The standard InChI is InChI=1S/C15H22N2O3/c16-11-15(6-8-20-9-7-15)14(19)17-13(10-18)12-4-2-1-3-5-12/h1-5,13,18H,6-11,16H2,(H,17,19)/t13-/m1/s1. The van der Waals surface area contributed by atoms with Crippen LogP contribution < -0.4 is 11.1 Å². The van der Waals surface area contributed by atoms with Crippen molar-refractivity contribution < 1.29 is 14.6 Å². The van der Waals surface area contributed by atoms with Gasteiger partial charge in [-0.1, -0.05) is 30.3 Å². The number of benzene rings is 1. The second kappa shape index (κ2) is 6.83. The Morgan fingerprint density at radius 1 is 1.35 bits per heavy atom. The SMILES string of the molecule is NCC1(C(=O)N[C@H](CO)c2ccccc2)CCOCC1. The molecule has 5 nitrogen and oxygen atoms in total. The van der Waals surface area contributed by atoms with Crippen LogP contribution in [0.1, 0.15) is 24.4 Å². The van der Waals surface area contributed by atoms with Crippen molar-refractivity contribution in [3.8, 4) is 0 Å². The Labute approximate surface area is 119 Å². The van der Waals surface area contributed by atoms with E-state index >= 15 is 0 Å². The van der Waals surface area contributed by atoms with Gasteiger partial charge in [0.15, 0.2) is 0 Å². The molecule has 1 aromatic carbocycles. The number of ether oxygens (including phenoxy) is 1. The highest BCUT2D eigenvalue weighted by Crippen LogP contribution is 2.30. The summed E-state index contributed by atoms with van der Waals surface area (Å²) in [4.78, 5) is 12.5. The van der Waals surface area contributed by atoms with Gasteiger partial charge < -0.3 is 20.9 Å². The number of nitrogens with two attached hydrogens (primary N) is 1. The van der Waals surface area contributed by atoms with E-state index in [1.54, 1.807) is 0 Å². The zero-order valence-electron chi connectivity index (χ0n) is 11.5. The molecule has 1 aromatic rings. The number of hydrogen-bond donors (Lipinski definition) is 3. The summed E-state index contributed by atoms with van der Waals surface area (Å²) in [5.74, 6) is -0.0915. The maximum absolute atomic E-state index is 12.5. The monoisotopic (exact) mass is 278 g/mol.